The number of likely N-dealkylation sites (tertiary alicyclic amines) is 1. The molecular weight excluding hydrogens is 465 g/mol. The molecule has 1 aromatic rings. The summed E-state index contributed by atoms with van der Waals surface area (Å²) in [5.41, 5.74) is 7.47. The molecule has 2 heterocycles. The van der Waals surface area contributed by atoms with Crippen LogP contribution in [0.4, 0.5) is 0 Å². The van der Waals surface area contributed by atoms with E-state index in [1.54, 1.807) is 0 Å². The molecule has 158 valence electrons. The normalized spacial score (nSPS) is 21.9. The van der Waals surface area contributed by atoms with Gasteiger partial charge in [-0.2, -0.15) is 0 Å². The summed E-state index contributed by atoms with van der Waals surface area (Å²) in [6.07, 6.45) is 4.86. The number of rotatable bonds is 8. The standard InChI is InChI=1S/C21H35N5O.HI/c22-21(23-10-6-11-25-13-15-27-16-14-25)24-17-20-9-4-5-12-26(20)18-19-7-2-1-3-8-19;/h1-3,7-8,20H,4-6,9-18H2,(H3,22,23,24);1H. The van der Waals surface area contributed by atoms with E-state index in [1.165, 1.54) is 24.8 Å². The molecule has 1 unspecified atom stereocenters. The second-order valence-corrected chi connectivity index (χ2v) is 7.57. The van der Waals surface area contributed by atoms with Gasteiger partial charge in [-0.1, -0.05) is 36.8 Å². The van der Waals surface area contributed by atoms with E-state index in [0.29, 0.717) is 12.0 Å². The molecule has 3 N–H and O–H groups in total. The van der Waals surface area contributed by atoms with Crippen LogP contribution in [-0.4, -0.2) is 74.3 Å². The average molecular weight is 501 g/mol. The van der Waals surface area contributed by atoms with Gasteiger partial charge in [0, 0.05) is 32.2 Å². The zero-order valence-electron chi connectivity index (χ0n) is 16.9. The summed E-state index contributed by atoms with van der Waals surface area (Å²) in [5, 5.41) is 3.28. The Morgan fingerprint density at radius 2 is 1.93 bits per heavy atom. The van der Waals surface area contributed by atoms with Gasteiger partial charge in [-0.3, -0.25) is 14.8 Å². The molecule has 2 saturated heterocycles. The number of nitrogens with zero attached hydrogens (tertiary/aromatic N) is 3. The lowest BCUT2D eigenvalue weighted by molar-refractivity contribution is 0.0376. The van der Waals surface area contributed by atoms with Crippen LogP contribution < -0.4 is 11.1 Å². The monoisotopic (exact) mass is 501 g/mol. The highest BCUT2D eigenvalue weighted by Crippen LogP contribution is 2.19. The Balaban J connectivity index is 0.00000280. The number of guanidine groups is 1. The van der Waals surface area contributed by atoms with Crippen LogP contribution >= 0.6 is 24.0 Å². The molecule has 2 aliphatic rings. The fraction of sp³-hybridized carbons (Fsp3) is 0.667. The molecule has 0 bridgehead atoms. The van der Waals surface area contributed by atoms with Crippen molar-refractivity contribution in [2.75, 3.05) is 52.5 Å². The predicted octanol–water partition coefficient (Wildman–Crippen LogP) is 2.29. The Bertz CT molecular complexity index is 565. The van der Waals surface area contributed by atoms with Crippen molar-refractivity contribution in [3.8, 4) is 0 Å². The number of nitrogens with two attached hydrogens (primary N) is 1. The lowest BCUT2D eigenvalue weighted by atomic mass is 10.0. The van der Waals surface area contributed by atoms with E-state index in [2.05, 4.69) is 50.4 Å². The summed E-state index contributed by atoms with van der Waals surface area (Å²) in [7, 11) is 0. The molecule has 0 aromatic heterocycles. The van der Waals surface area contributed by atoms with Crippen molar-refractivity contribution < 1.29 is 4.74 Å². The van der Waals surface area contributed by atoms with Crippen LogP contribution in [-0.2, 0) is 11.3 Å². The Labute approximate surface area is 186 Å². The maximum Gasteiger partial charge on any atom is 0.188 e. The molecule has 6 nitrogen and oxygen atoms in total. The molecule has 0 amide bonds. The first-order chi connectivity index (χ1) is 13.3. The minimum absolute atomic E-state index is 0. The van der Waals surface area contributed by atoms with Gasteiger partial charge in [0.1, 0.15) is 0 Å². The van der Waals surface area contributed by atoms with Gasteiger partial charge >= 0.3 is 0 Å². The molecule has 2 aliphatic heterocycles. The second-order valence-electron chi connectivity index (χ2n) is 7.57. The van der Waals surface area contributed by atoms with Gasteiger partial charge < -0.3 is 15.8 Å². The summed E-state index contributed by atoms with van der Waals surface area (Å²) in [5.74, 6) is 0.585. The number of piperidine rings is 1. The summed E-state index contributed by atoms with van der Waals surface area (Å²) >= 11 is 0. The van der Waals surface area contributed by atoms with Crippen molar-refractivity contribution in [1.82, 2.24) is 15.1 Å². The summed E-state index contributed by atoms with van der Waals surface area (Å²) in [4.78, 5) is 9.64. The second kappa shape index (κ2) is 13.3. The van der Waals surface area contributed by atoms with Crippen molar-refractivity contribution in [3.63, 3.8) is 0 Å². The van der Waals surface area contributed by atoms with Crippen molar-refractivity contribution in [2.24, 2.45) is 10.7 Å². The molecule has 3 rings (SSSR count). The Hall–Kier alpha value is -0.900. The van der Waals surface area contributed by atoms with Gasteiger partial charge in [-0.25, -0.2) is 0 Å². The van der Waals surface area contributed by atoms with E-state index in [4.69, 9.17) is 10.5 Å². The lowest BCUT2D eigenvalue weighted by Crippen LogP contribution is -2.42. The van der Waals surface area contributed by atoms with Crippen molar-refractivity contribution in [2.45, 2.75) is 38.3 Å². The SMILES string of the molecule is I.NC(=NCC1CCCCN1Cc1ccccc1)NCCCN1CCOCC1. The third-order valence-corrected chi connectivity index (χ3v) is 5.51. The van der Waals surface area contributed by atoms with Crippen molar-refractivity contribution in [3.05, 3.63) is 35.9 Å². The van der Waals surface area contributed by atoms with Gasteiger partial charge in [-0.15, -0.1) is 24.0 Å². The quantitative estimate of drug-likeness (QED) is 0.248. The minimum Gasteiger partial charge on any atom is -0.379 e. The zero-order valence-corrected chi connectivity index (χ0v) is 19.2. The molecule has 0 radical (unpaired) electrons. The molecule has 1 atom stereocenters. The molecule has 1 aromatic carbocycles. The van der Waals surface area contributed by atoms with E-state index >= 15 is 0 Å². The number of aliphatic imine (C=N–C) groups is 1. The maximum absolute atomic E-state index is 6.09. The number of hydrogen-bond acceptors (Lipinski definition) is 4. The number of ether oxygens (including phenoxy) is 1. The summed E-state index contributed by atoms with van der Waals surface area (Å²) in [6.45, 7) is 8.73. The Morgan fingerprint density at radius 3 is 2.71 bits per heavy atom. The summed E-state index contributed by atoms with van der Waals surface area (Å²) < 4.78 is 5.38. The topological polar surface area (TPSA) is 66.1 Å². The van der Waals surface area contributed by atoms with Crippen LogP contribution in [0.15, 0.2) is 35.3 Å². The molecule has 28 heavy (non-hydrogen) atoms. The van der Waals surface area contributed by atoms with Gasteiger partial charge in [0.05, 0.1) is 19.8 Å². The van der Waals surface area contributed by atoms with E-state index in [-0.39, 0.29) is 24.0 Å². The van der Waals surface area contributed by atoms with Crippen LogP contribution in [0.2, 0.25) is 0 Å². The number of nitrogens with one attached hydrogen (secondary N) is 1. The molecule has 0 aliphatic carbocycles. The fourth-order valence-corrected chi connectivity index (χ4v) is 3.90. The molecule has 0 saturated carbocycles. The van der Waals surface area contributed by atoms with E-state index in [1.807, 2.05) is 0 Å². The third kappa shape index (κ3) is 8.23. The highest BCUT2D eigenvalue weighted by atomic mass is 127. The molecule has 7 heteroatoms. The minimum atomic E-state index is 0. The van der Waals surface area contributed by atoms with Crippen LogP contribution in [0.1, 0.15) is 31.2 Å². The molecule has 0 spiro atoms. The first-order valence-corrected chi connectivity index (χ1v) is 10.4. The maximum atomic E-state index is 6.09. The highest BCUT2D eigenvalue weighted by molar-refractivity contribution is 14.0. The van der Waals surface area contributed by atoms with Crippen LogP contribution in [0.5, 0.6) is 0 Å². The molecule has 2 fully saturated rings. The number of benzene rings is 1. The lowest BCUT2D eigenvalue weighted by Gasteiger charge is -2.35. The summed E-state index contributed by atoms with van der Waals surface area (Å²) in [6, 6.07) is 11.2. The fourth-order valence-electron chi connectivity index (χ4n) is 3.90. The van der Waals surface area contributed by atoms with Gasteiger partial charge in [-0.05, 0) is 37.9 Å². The smallest absolute Gasteiger partial charge is 0.188 e. The van der Waals surface area contributed by atoms with E-state index in [9.17, 15) is 0 Å². The van der Waals surface area contributed by atoms with Gasteiger partial charge in [0.25, 0.3) is 0 Å². The van der Waals surface area contributed by atoms with E-state index in [0.717, 1.165) is 65.4 Å². The van der Waals surface area contributed by atoms with Crippen LogP contribution in [0.3, 0.4) is 0 Å². The number of halogens is 1. The number of hydrogen-bond donors (Lipinski definition) is 2. The molecular formula is C21H36IN5O. The largest absolute Gasteiger partial charge is 0.379 e. The first kappa shape index (κ1) is 23.4. The van der Waals surface area contributed by atoms with Gasteiger partial charge in [0.15, 0.2) is 5.96 Å². The Kier molecular flexibility index (Phi) is 11.1. The average Bonchev–Trinajstić information content (AvgIpc) is 2.72. The zero-order chi connectivity index (χ0) is 18.7. The van der Waals surface area contributed by atoms with Crippen molar-refractivity contribution in [1.29, 1.82) is 0 Å². The first-order valence-electron chi connectivity index (χ1n) is 10.4. The van der Waals surface area contributed by atoms with Crippen LogP contribution in [0.25, 0.3) is 0 Å². The van der Waals surface area contributed by atoms with Gasteiger partial charge in [0.2, 0.25) is 0 Å². The Morgan fingerprint density at radius 1 is 1.14 bits per heavy atom. The van der Waals surface area contributed by atoms with Crippen LogP contribution in [0, 0.1) is 0 Å². The van der Waals surface area contributed by atoms with E-state index < -0.39 is 0 Å². The highest BCUT2D eigenvalue weighted by Gasteiger charge is 2.22. The number of morpholine rings is 1. The van der Waals surface area contributed by atoms with Crippen molar-refractivity contribution >= 4 is 29.9 Å². The predicted molar refractivity (Wildman–Crippen MR) is 126 cm³/mol. The third-order valence-electron chi connectivity index (χ3n) is 5.51.